The van der Waals surface area contributed by atoms with Crippen LogP contribution in [0.2, 0.25) is 5.28 Å². The smallest absolute Gasteiger partial charge is 0.338 e. The second-order valence-electron chi connectivity index (χ2n) is 6.42. The molecule has 0 saturated carbocycles. The van der Waals surface area contributed by atoms with Crippen molar-refractivity contribution in [1.82, 2.24) is 9.97 Å². The Morgan fingerprint density at radius 3 is 2.81 bits per heavy atom. The number of hydrogen-bond acceptors (Lipinski definition) is 9. The summed E-state index contributed by atoms with van der Waals surface area (Å²) >= 11 is 5.71. The first-order valence-corrected chi connectivity index (χ1v) is 9.67. The van der Waals surface area contributed by atoms with Crippen molar-refractivity contribution >= 4 is 17.6 Å². The number of nitrogens with two attached hydrogens (primary N) is 1. The number of aromatic nitrogens is 2. The number of nitrogens with zero attached hydrogens (tertiary/aromatic N) is 3. The first-order valence-electron chi connectivity index (χ1n) is 9.29. The summed E-state index contributed by atoms with van der Waals surface area (Å²) in [6.07, 6.45) is 0.875. The van der Waals surface area contributed by atoms with Crippen molar-refractivity contribution in [3.05, 3.63) is 63.8 Å². The molecule has 1 atom stereocenters. The van der Waals surface area contributed by atoms with E-state index in [1.54, 1.807) is 19.9 Å². The number of ether oxygens (including phenoxy) is 4. The minimum Gasteiger partial charge on any atom is -0.493 e. The van der Waals surface area contributed by atoms with Crippen LogP contribution in [-0.2, 0) is 14.3 Å². The van der Waals surface area contributed by atoms with Gasteiger partial charge in [-0.3, -0.25) is 0 Å². The fourth-order valence-corrected chi connectivity index (χ4v) is 3.27. The number of carbonyl (C=O) groups is 1. The van der Waals surface area contributed by atoms with Crippen LogP contribution in [0.1, 0.15) is 25.3 Å². The molecule has 3 rings (SSSR count). The molecule has 9 nitrogen and oxygen atoms in total. The molecule has 11 heteroatoms. The first kappa shape index (κ1) is 22.8. The van der Waals surface area contributed by atoms with Gasteiger partial charge in [-0.25, -0.2) is 9.78 Å². The van der Waals surface area contributed by atoms with Crippen LogP contribution in [0.4, 0.5) is 4.39 Å². The predicted molar refractivity (Wildman–Crippen MR) is 110 cm³/mol. The van der Waals surface area contributed by atoms with Crippen molar-refractivity contribution in [3.8, 4) is 23.4 Å². The zero-order chi connectivity index (χ0) is 23.4. The number of nitriles is 1. The molecule has 166 valence electrons. The van der Waals surface area contributed by atoms with E-state index in [1.165, 1.54) is 19.2 Å². The highest BCUT2D eigenvalue weighted by Crippen LogP contribution is 2.42. The van der Waals surface area contributed by atoms with Gasteiger partial charge in [0.25, 0.3) is 5.88 Å². The maximum absolute atomic E-state index is 14.0. The maximum atomic E-state index is 14.0. The summed E-state index contributed by atoms with van der Waals surface area (Å²) in [7, 11) is 1.38. The molecular weight excluding hydrogens is 443 g/mol. The van der Waals surface area contributed by atoms with Crippen LogP contribution in [-0.4, -0.2) is 29.7 Å². The quantitative estimate of drug-likeness (QED) is 0.506. The Labute approximate surface area is 187 Å². The molecule has 2 aromatic rings. The molecule has 0 bridgehead atoms. The summed E-state index contributed by atoms with van der Waals surface area (Å²) in [5.74, 6) is -2.36. The SMILES string of the molecule is CCOC(=O)C1=C(C)OC(N)=C(C#N)C1c1ccc(Oc2nc(Cl)ncc2F)c(OC)c1. The average molecular weight is 461 g/mol. The molecule has 0 fully saturated rings. The topological polar surface area (TPSA) is 130 Å². The van der Waals surface area contributed by atoms with Crippen LogP contribution >= 0.6 is 11.6 Å². The molecule has 0 spiro atoms. The summed E-state index contributed by atoms with van der Waals surface area (Å²) in [6.45, 7) is 3.35. The van der Waals surface area contributed by atoms with Gasteiger partial charge in [-0.15, -0.1) is 0 Å². The van der Waals surface area contributed by atoms with Gasteiger partial charge >= 0.3 is 5.97 Å². The predicted octanol–water partition coefficient (Wildman–Crippen LogP) is 3.71. The fraction of sp³-hybridized carbons (Fsp3) is 0.238. The summed E-state index contributed by atoms with van der Waals surface area (Å²) in [4.78, 5) is 19.9. The molecule has 1 unspecified atom stereocenters. The van der Waals surface area contributed by atoms with Gasteiger partial charge in [0.2, 0.25) is 17.0 Å². The summed E-state index contributed by atoms with van der Waals surface area (Å²) in [5, 5.41) is 9.48. The lowest BCUT2D eigenvalue weighted by Gasteiger charge is -2.27. The minimum atomic E-state index is -0.874. The highest BCUT2D eigenvalue weighted by Gasteiger charge is 2.36. The van der Waals surface area contributed by atoms with E-state index >= 15 is 0 Å². The number of esters is 1. The number of benzene rings is 1. The van der Waals surface area contributed by atoms with Crippen LogP contribution in [0.15, 0.2) is 47.2 Å². The third-order valence-corrected chi connectivity index (χ3v) is 4.69. The number of carbonyl (C=O) groups excluding carboxylic acids is 1. The lowest BCUT2D eigenvalue weighted by Crippen LogP contribution is -2.25. The highest BCUT2D eigenvalue weighted by atomic mass is 35.5. The van der Waals surface area contributed by atoms with Crippen LogP contribution in [0.3, 0.4) is 0 Å². The Hall–Kier alpha value is -3.84. The van der Waals surface area contributed by atoms with Gasteiger partial charge in [-0.2, -0.15) is 14.6 Å². The Kier molecular flexibility index (Phi) is 6.80. The number of allylic oxidation sites excluding steroid dienone is 2. The summed E-state index contributed by atoms with van der Waals surface area (Å²) in [5.41, 5.74) is 6.53. The van der Waals surface area contributed by atoms with Crippen LogP contribution in [0.25, 0.3) is 0 Å². The fourth-order valence-electron chi connectivity index (χ4n) is 3.14. The van der Waals surface area contributed by atoms with Gasteiger partial charge in [-0.05, 0) is 43.1 Å². The van der Waals surface area contributed by atoms with Crippen LogP contribution in [0, 0.1) is 17.1 Å². The first-order chi connectivity index (χ1) is 15.3. The summed E-state index contributed by atoms with van der Waals surface area (Å²) in [6, 6.07) is 6.57. The van der Waals surface area contributed by atoms with Crippen molar-refractivity contribution in [2.75, 3.05) is 13.7 Å². The lowest BCUT2D eigenvalue weighted by molar-refractivity contribution is -0.139. The molecule has 0 amide bonds. The maximum Gasteiger partial charge on any atom is 0.338 e. The molecule has 0 saturated heterocycles. The van der Waals surface area contributed by atoms with Crippen molar-refractivity contribution in [1.29, 1.82) is 5.26 Å². The number of hydrogen-bond donors (Lipinski definition) is 1. The Bertz CT molecular complexity index is 1180. The molecule has 32 heavy (non-hydrogen) atoms. The molecule has 2 heterocycles. The molecule has 1 aromatic heterocycles. The van der Waals surface area contributed by atoms with Crippen LogP contribution in [0.5, 0.6) is 17.4 Å². The van der Waals surface area contributed by atoms with E-state index in [-0.39, 0.29) is 46.2 Å². The number of methoxy groups -OCH3 is 1. The number of halogens is 2. The zero-order valence-electron chi connectivity index (χ0n) is 17.3. The Balaban J connectivity index is 2.08. The minimum absolute atomic E-state index is 0.0306. The third kappa shape index (κ3) is 4.43. The zero-order valence-corrected chi connectivity index (χ0v) is 18.1. The van der Waals surface area contributed by atoms with Crippen molar-refractivity contribution < 1.29 is 28.1 Å². The van der Waals surface area contributed by atoms with Gasteiger partial charge in [0, 0.05) is 0 Å². The normalized spacial score (nSPS) is 15.7. The Morgan fingerprint density at radius 2 is 2.16 bits per heavy atom. The van der Waals surface area contributed by atoms with E-state index in [0.717, 1.165) is 6.20 Å². The van der Waals surface area contributed by atoms with E-state index in [1.807, 2.05) is 6.07 Å². The van der Waals surface area contributed by atoms with Gasteiger partial charge in [0.1, 0.15) is 17.4 Å². The molecule has 1 aliphatic rings. The lowest BCUT2D eigenvalue weighted by atomic mass is 9.83. The van der Waals surface area contributed by atoms with Crippen LogP contribution < -0.4 is 15.2 Å². The molecule has 1 aliphatic heterocycles. The van der Waals surface area contributed by atoms with Gasteiger partial charge < -0.3 is 24.7 Å². The van der Waals surface area contributed by atoms with Gasteiger partial charge in [0.05, 0.1) is 31.4 Å². The van der Waals surface area contributed by atoms with Crippen molar-refractivity contribution in [2.45, 2.75) is 19.8 Å². The van der Waals surface area contributed by atoms with Crippen molar-refractivity contribution in [2.24, 2.45) is 5.73 Å². The molecule has 0 radical (unpaired) electrons. The van der Waals surface area contributed by atoms with Gasteiger partial charge in [0.15, 0.2) is 11.5 Å². The molecule has 1 aromatic carbocycles. The molecule has 0 aliphatic carbocycles. The Morgan fingerprint density at radius 1 is 1.41 bits per heavy atom. The van der Waals surface area contributed by atoms with E-state index in [9.17, 15) is 14.4 Å². The third-order valence-electron chi connectivity index (χ3n) is 4.51. The van der Waals surface area contributed by atoms with E-state index in [0.29, 0.717) is 5.56 Å². The average Bonchev–Trinajstić information content (AvgIpc) is 2.76. The monoisotopic (exact) mass is 460 g/mol. The highest BCUT2D eigenvalue weighted by molar-refractivity contribution is 6.28. The summed E-state index contributed by atoms with van der Waals surface area (Å²) < 4.78 is 35.4. The van der Waals surface area contributed by atoms with E-state index in [2.05, 4.69) is 9.97 Å². The number of rotatable bonds is 6. The standard InChI is InChI=1S/C21H18ClFN4O5/c1-4-30-20(28)16-10(2)31-18(25)12(8-24)17(16)11-5-6-14(15(7-11)29-3)32-19-13(23)9-26-21(22)27-19/h5-7,9,17H,4,25H2,1-3H3. The molecule has 2 N–H and O–H groups in total. The van der Waals surface area contributed by atoms with Gasteiger partial charge in [-0.1, -0.05) is 6.07 Å². The second-order valence-corrected chi connectivity index (χ2v) is 6.76. The largest absolute Gasteiger partial charge is 0.493 e. The molecular formula is C21H18ClFN4O5. The van der Waals surface area contributed by atoms with E-state index in [4.69, 9.17) is 36.3 Å². The van der Waals surface area contributed by atoms with E-state index < -0.39 is 23.6 Å². The van der Waals surface area contributed by atoms with Crippen molar-refractivity contribution in [3.63, 3.8) is 0 Å². The second kappa shape index (κ2) is 9.53.